The Labute approximate surface area is 173 Å². The Hall–Kier alpha value is -0.410. The molecule has 1 aliphatic heterocycles. The van der Waals surface area contributed by atoms with Gasteiger partial charge in [0.25, 0.3) is 0 Å². The number of aliphatic imine (C=N–C) groups is 1. The Morgan fingerprint density at radius 3 is 2.68 bits per heavy atom. The van der Waals surface area contributed by atoms with E-state index in [1.165, 1.54) is 10.7 Å². The number of hydrogen-bond acceptors (Lipinski definition) is 4. The molecule has 0 radical (unpaired) electrons. The monoisotopic (exact) mass is 480 g/mol. The summed E-state index contributed by atoms with van der Waals surface area (Å²) in [6.45, 7) is 13.1. The van der Waals surface area contributed by atoms with Gasteiger partial charge in [0.15, 0.2) is 5.96 Å². The Kier molecular flexibility index (Phi) is 10.9. The van der Waals surface area contributed by atoms with Crippen molar-refractivity contribution in [3.05, 3.63) is 16.1 Å². The van der Waals surface area contributed by atoms with Crippen LogP contribution in [0.15, 0.2) is 10.4 Å². The first kappa shape index (κ1) is 22.6. The third-order valence-corrected chi connectivity index (χ3v) is 5.37. The van der Waals surface area contributed by atoms with Gasteiger partial charge in [0.1, 0.15) is 0 Å². The Morgan fingerprint density at radius 1 is 1.40 bits per heavy atom. The molecule has 1 saturated heterocycles. The molecule has 0 aromatic carbocycles. The molecule has 1 fully saturated rings. The maximum absolute atomic E-state index is 5.74. The van der Waals surface area contributed by atoms with Gasteiger partial charge in [-0.3, -0.25) is 4.99 Å². The molecule has 0 saturated carbocycles. The van der Waals surface area contributed by atoms with Gasteiger partial charge in [0, 0.05) is 50.5 Å². The van der Waals surface area contributed by atoms with Crippen LogP contribution in [-0.4, -0.2) is 54.7 Å². The van der Waals surface area contributed by atoms with Crippen LogP contribution in [0.2, 0.25) is 0 Å². The largest absolute Gasteiger partial charge is 0.378 e. The molecule has 1 N–H and O–H groups in total. The van der Waals surface area contributed by atoms with Crippen molar-refractivity contribution >= 4 is 41.3 Å². The first-order valence-electron chi connectivity index (χ1n) is 9.23. The lowest BCUT2D eigenvalue weighted by Gasteiger charge is -2.34. The molecule has 7 heteroatoms. The molecule has 25 heavy (non-hydrogen) atoms. The van der Waals surface area contributed by atoms with Crippen molar-refractivity contribution in [2.75, 3.05) is 32.8 Å². The fourth-order valence-corrected chi connectivity index (χ4v) is 3.74. The van der Waals surface area contributed by atoms with Gasteiger partial charge in [-0.05, 0) is 26.7 Å². The fraction of sp³-hybridized carbons (Fsp3) is 0.778. The summed E-state index contributed by atoms with van der Waals surface area (Å²) >= 11 is 1.76. The van der Waals surface area contributed by atoms with Gasteiger partial charge < -0.3 is 15.0 Å². The minimum Gasteiger partial charge on any atom is -0.378 e. The van der Waals surface area contributed by atoms with Gasteiger partial charge in [-0.2, -0.15) is 0 Å². The van der Waals surface area contributed by atoms with Gasteiger partial charge in [0.2, 0.25) is 0 Å². The van der Waals surface area contributed by atoms with Gasteiger partial charge in [-0.25, -0.2) is 4.98 Å². The number of thiazole rings is 1. The molecular weight excluding hydrogens is 447 g/mol. The van der Waals surface area contributed by atoms with Crippen LogP contribution in [-0.2, 0) is 11.2 Å². The lowest BCUT2D eigenvalue weighted by Crippen LogP contribution is -2.47. The number of guanidine groups is 1. The van der Waals surface area contributed by atoms with Crippen LogP contribution in [0.5, 0.6) is 0 Å². The summed E-state index contributed by atoms with van der Waals surface area (Å²) in [6, 6.07) is 0. The molecule has 1 aliphatic rings. The molecule has 5 nitrogen and oxygen atoms in total. The molecule has 0 bridgehead atoms. The van der Waals surface area contributed by atoms with Gasteiger partial charge in [-0.15, -0.1) is 35.3 Å². The third-order valence-electron chi connectivity index (χ3n) is 4.17. The molecule has 144 valence electrons. The topological polar surface area (TPSA) is 49.8 Å². The molecule has 0 amide bonds. The number of nitrogens with one attached hydrogen (secondary N) is 1. The molecule has 0 spiro atoms. The summed E-state index contributed by atoms with van der Waals surface area (Å²) in [5.74, 6) is 1.54. The maximum Gasteiger partial charge on any atom is 0.193 e. The Morgan fingerprint density at radius 2 is 2.12 bits per heavy atom. The third kappa shape index (κ3) is 7.38. The van der Waals surface area contributed by atoms with E-state index in [0.29, 0.717) is 12.0 Å². The van der Waals surface area contributed by atoms with Crippen molar-refractivity contribution in [3.63, 3.8) is 0 Å². The van der Waals surface area contributed by atoms with Crippen molar-refractivity contribution in [1.29, 1.82) is 0 Å². The van der Waals surface area contributed by atoms with Crippen LogP contribution >= 0.6 is 35.3 Å². The molecule has 2 heterocycles. The zero-order chi connectivity index (χ0) is 17.4. The van der Waals surface area contributed by atoms with Crippen LogP contribution in [0.3, 0.4) is 0 Å². The SMILES string of the molecule is CCNC(=NCCc1csc(C(C)C)n1)N1CCC(OCC)CC1.I. The summed E-state index contributed by atoms with van der Waals surface area (Å²) in [7, 11) is 0. The molecule has 1 aromatic heterocycles. The predicted molar refractivity (Wildman–Crippen MR) is 118 cm³/mol. The summed E-state index contributed by atoms with van der Waals surface area (Å²) < 4.78 is 5.74. The minimum atomic E-state index is 0. The standard InChI is InChI=1S/C18H32N4OS.HI/c1-5-19-18(22-11-8-16(9-12-22)23-6-2)20-10-7-15-13-24-17(21-15)14(3)4;/h13-14,16H,5-12H2,1-4H3,(H,19,20);1H. The predicted octanol–water partition coefficient (Wildman–Crippen LogP) is 3.89. The molecule has 1 aromatic rings. The summed E-state index contributed by atoms with van der Waals surface area (Å²) in [5, 5.41) is 6.82. The number of halogens is 1. The van der Waals surface area contributed by atoms with Crippen LogP contribution in [0.4, 0.5) is 0 Å². The van der Waals surface area contributed by atoms with Crippen molar-refractivity contribution in [2.24, 2.45) is 4.99 Å². The fourth-order valence-electron chi connectivity index (χ4n) is 2.87. The normalized spacial score (nSPS) is 16.2. The number of ether oxygens (including phenoxy) is 1. The number of piperidine rings is 1. The van der Waals surface area contributed by atoms with E-state index in [-0.39, 0.29) is 24.0 Å². The minimum absolute atomic E-state index is 0. The van der Waals surface area contributed by atoms with Crippen molar-refractivity contribution in [1.82, 2.24) is 15.2 Å². The molecule has 0 aliphatic carbocycles. The van der Waals surface area contributed by atoms with Gasteiger partial charge in [0.05, 0.1) is 16.8 Å². The second kappa shape index (κ2) is 12.1. The quantitative estimate of drug-likeness (QED) is 0.366. The number of aromatic nitrogens is 1. The van der Waals surface area contributed by atoms with E-state index in [1.54, 1.807) is 11.3 Å². The number of hydrogen-bond donors (Lipinski definition) is 1. The van der Waals surface area contributed by atoms with Crippen LogP contribution in [0.25, 0.3) is 0 Å². The van der Waals surface area contributed by atoms with Crippen LogP contribution in [0.1, 0.15) is 57.2 Å². The highest BCUT2D eigenvalue weighted by molar-refractivity contribution is 14.0. The highest BCUT2D eigenvalue weighted by atomic mass is 127. The highest BCUT2D eigenvalue weighted by Gasteiger charge is 2.21. The molecule has 0 unspecified atom stereocenters. The second-order valence-corrected chi connectivity index (χ2v) is 7.35. The first-order valence-corrected chi connectivity index (χ1v) is 10.1. The number of rotatable bonds is 7. The van der Waals surface area contributed by atoms with Crippen LogP contribution < -0.4 is 5.32 Å². The second-order valence-electron chi connectivity index (χ2n) is 6.46. The summed E-state index contributed by atoms with van der Waals surface area (Å²) in [4.78, 5) is 11.9. The average Bonchev–Trinajstić information content (AvgIpc) is 3.04. The summed E-state index contributed by atoms with van der Waals surface area (Å²) in [5.41, 5.74) is 1.17. The van der Waals surface area contributed by atoms with Crippen molar-refractivity contribution in [2.45, 2.75) is 59.0 Å². The lowest BCUT2D eigenvalue weighted by molar-refractivity contribution is 0.0264. The van der Waals surface area contributed by atoms with E-state index in [1.807, 2.05) is 0 Å². The highest BCUT2D eigenvalue weighted by Crippen LogP contribution is 2.19. The zero-order valence-electron chi connectivity index (χ0n) is 16.0. The van der Waals surface area contributed by atoms with Gasteiger partial charge in [-0.1, -0.05) is 13.8 Å². The number of nitrogens with zero attached hydrogens (tertiary/aromatic N) is 3. The molecule has 2 rings (SSSR count). The average molecular weight is 480 g/mol. The van der Waals surface area contributed by atoms with E-state index in [2.05, 4.69) is 43.3 Å². The maximum atomic E-state index is 5.74. The zero-order valence-corrected chi connectivity index (χ0v) is 19.1. The molecule has 0 atom stereocenters. The van der Waals surface area contributed by atoms with Crippen molar-refractivity contribution in [3.8, 4) is 0 Å². The van der Waals surface area contributed by atoms with E-state index in [4.69, 9.17) is 14.7 Å². The van der Waals surface area contributed by atoms with Crippen LogP contribution in [0, 0.1) is 0 Å². The molecular formula is C18H33IN4OS. The van der Waals surface area contributed by atoms with Crippen molar-refractivity contribution < 1.29 is 4.74 Å². The Bertz CT molecular complexity index is 513. The Balaban J connectivity index is 0.00000312. The van der Waals surface area contributed by atoms with E-state index in [9.17, 15) is 0 Å². The van der Waals surface area contributed by atoms with E-state index < -0.39 is 0 Å². The van der Waals surface area contributed by atoms with Gasteiger partial charge >= 0.3 is 0 Å². The first-order chi connectivity index (χ1) is 11.6. The van der Waals surface area contributed by atoms with E-state index >= 15 is 0 Å². The smallest absolute Gasteiger partial charge is 0.193 e. The number of likely N-dealkylation sites (tertiary alicyclic amines) is 1. The van der Waals surface area contributed by atoms with E-state index in [0.717, 1.165) is 58.0 Å². The summed E-state index contributed by atoms with van der Waals surface area (Å²) in [6.07, 6.45) is 3.50. The lowest BCUT2D eigenvalue weighted by atomic mass is 10.1.